The average Bonchev–Trinajstić information content (AvgIpc) is 3.24. The molecule has 0 aliphatic carbocycles. The fourth-order valence-corrected chi connectivity index (χ4v) is 4.17. The molecule has 2 heterocycles. The topological polar surface area (TPSA) is 50.4 Å². The molecule has 1 unspecified atom stereocenters. The van der Waals surface area contributed by atoms with Gasteiger partial charge in [-0.3, -0.25) is 10.00 Å². The fraction of sp³-hybridized carbons (Fsp3) is 0.348. The molecule has 1 aromatic heterocycles. The molecular formula is C23H26FN3O2. The van der Waals surface area contributed by atoms with E-state index in [2.05, 4.69) is 21.2 Å². The first-order valence-corrected chi connectivity index (χ1v) is 9.90. The molecule has 1 atom stereocenters. The summed E-state index contributed by atoms with van der Waals surface area (Å²) in [5.41, 5.74) is 4.14. The maximum atomic E-state index is 13.7. The number of piperidine rings is 1. The molecule has 1 aliphatic rings. The van der Waals surface area contributed by atoms with Crippen LogP contribution >= 0.6 is 0 Å². The molecule has 3 aromatic rings. The van der Waals surface area contributed by atoms with E-state index in [-0.39, 0.29) is 5.82 Å². The standard InChI is InChI=1S/C23H26FN3O2/c1-28-21-9-8-16(11-22(21)29-2)14-27-10-4-6-18(15-27)23-20(13-25-26-23)17-5-3-7-19(24)12-17/h3,5,7-9,11-13,18H,4,6,10,14-15H2,1-2H3,(H,25,26). The van der Waals surface area contributed by atoms with Gasteiger partial charge in [0, 0.05) is 30.3 Å². The molecule has 1 saturated heterocycles. The molecule has 1 aliphatic heterocycles. The van der Waals surface area contributed by atoms with Crippen LogP contribution in [0, 0.1) is 5.82 Å². The molecule has 152 valence electrons. The number of nitrogens with zero attached hydrogens (tertiary/aromatic N) is 2. The second kappa shape index (κ2) is 8.66. The summed E-state index contributed by atoms with van der Waals surface area (Å²) >= 11 is 0. The second-order valence-corrected chi connectivity index (χ2v) is 7.47. The van der Waals surface area contributed by atoms with Gasteiger partial charge >= 0.3 is 0 Å². The Bertz CT molecular complexity index is 972. The molecule has 4 rings (SSSR count). The SMILES string of the molecule is COc1ccc(CN2CCCC(c3[nH]ncc3-c3cccc(F)c3)C2)cc1OC. The fourth-order valence-electron chi connectivity index (χ4n) is 4.17. The summed E-state index contributed by atoms with van der Waals surface area (Å²) in [6.07, 6.45) is 4.00. The summed E-state index contributed by atoms with van der Waals surface area (Å²) in [5.74, 6) is 1.60. The van der Waals surface area contributed by atoms with Gasteiger partial charge in [0.2, 0.25) is 0 Å². The lowest BCUT2D eigenvalue weighted by molar-refractivity contribution is 0.198. The van der Waals surface area contributed by atoms with Gasteiger partial charge in [-0.15, -0.1) is 0 Å². The lowest BCUT2D eigenvalue weighted by Crippen LogP contribution is -2.34. The average molecular weight is 395 g/mol. The minimum atomic E-state index is -0.228. The Morgan fingerprint density at radius 2 is 2.00 bits per heavy atom. The van der Waals surface area contributed by atoms with Gasteiger partial charge in [-0.1, -0.05) is 18.2 Å². The van der Waals surface area contributed by atoms with Crippen molar-refractivity contribution in [3.05, 3.63) is 65.7 Å². The smallest absolute Gasteiger partial charge is 0.161 e. The summed E-state index contributed by atoms with van der Waals surface area (Å²) in [6, 6.07) is 12.8. The number of aromatic amines is 1. The van der Waals surface area contributed by atoms with E-state index >= 15 is 0 Å². The predicted octanol–water partition coefficient (Wildman–Crippen LogP) is 4.61. The number of methoxy groups -OCH3 is 2. The van der Waals surface area contributed by atoms with E-state index in [4.69, 9.17) is 9.47 Å². The number of halogens is 1. The largest absolute Gasteiger partial charge is 0.493 e. The molecule has 5 nitrogen and oxygen atoms in total. The van der Waals surface area contributed by atoms with Crippen molar-refractivity contribution in [1.82, 2.24) is 15.1 Å². The van der Waals surface area contributed by atoms with Gasteiger partial charge in [-0.05, 0) is 54.8 Å². The van der Waals surface area contributed by atoms with E-state index < -0.39 is 0 Å². The van der Waals surface area contributed by atoms with Gasteiger partial charge in [0.25, 0.3) is 0 Å². The maximum Gasteiger partial charge on any atom is 0.161 e. The lowest BCUT2D eigenvalue weighted by atomic mass is 9.90. The van der Waals surface area contributed by atoms with Crippen LogP contribution in [-0.4, -0.2) is 42.4 Å². The highest BCUT2D eigenvalue weighted by molar-refractivity contribution is 5.65. The van der Waals surface area contributed by atoms with Crippen LogP contribution in [-0.2, 0) is 6.54 Å². The second-order valence-electron chi connectivity index (χ2n) is 7.47. The normalized spacial score (nSPS) is 17.3. The Kier molecular flexibility index (Phi) is 5.81. The molecule has 1 fully saturated rings. The van der Waals surface area contributed by atoms with Crippen LogP contribution in [0.15, 0.2) is 48.7 Å². The molecule has 0 radical (unpaired) electrons. The highest BCUT2D eigenvalue weighted by atomic mass is 19.1. The van der Waals surface area contributed by atoms with Gasteiger partial charge in [0.15, 0.2) is 11.5 Å². The minimum Gasteiger partial charge on any atom is -0.493 e. The Morgan fingerprint density at radius 3 is 2.79 bits per heavy atom. The number of H-pyrrole nitrogens is 1. The van der Waals surface area contributed by atoms with Crippen molar-refractivity contribution in [1.29, 1.82) is 0 Å². The van der Waals surface area contributed by atoms with Gasteiger partial charge in [0.05, 0.1) is 20.4 Å². The van der Waals surface area contributed by atoms with Crippen LogP contribution in [0.1, 0.15) is 30.0 Å². The van der Waals surface area contributed by atoms with Crippen LogP contribution in [0.4, 0.5) is 4.39 Å². The third-order valence-electron chi connectivity index (χ3n) is 5.57. The van der Waals surface area contributed by atoms with Crippen molar-refractivity contribution in [2.45, 2.75) is 25.3 Å². The third kappa shape index (κ3) is 4.27. The third-order valence-corrected chi connectivity index (χ3v) is 5.57. The van der Waals surface area contributed by atoms with E-state index in [1.165, 1.54) is 11.6 Å². The zero-order chi connectivity index (χ0) is 20.2. The Balaban J connectivity index is 1.51. The van der Waals surface area contributed by atoms with E-state index in [0.29, 0.717) is 5.92 Å². The number of rotatable bonds is 6. The van der Waals surface area contributed by atoms with Crippen molar-refractivity contribution in [2.24, 2.45) is 0 Å². The van der Waals surface area contributed by atoms with Crippen LogP contribution in [0.5, 0.6) is 11.5 Å². The number of hydrogen-bond donors (Lipinski definition) is 1. The monoisotopic (exact) mass is 395 g/mol. The minimum absolute atomic E-state index is 0.228. The quantitative estimate of drug-likeness (QED) is 0.662. The van der Waals surface area contributed by atoms with Crippen LogP contribution in [0.3, 0.4) is 0 Å². The highest BCUT2D eigenvalue weighted by Crippen LogP contribution is 2.34. The molecule has 0 amide bonds. The first-order valence-electron chi connectivity index (χ1n) is 9.90. The highest BCUT2D eigenvalue weighted by Gasteiger charge is 2.25. The van der Waals surface area contributed by atoms with Crippen molar-refractivity contribution >= 4 is 0 Å². The van der Waals surface area contributed by atoms with E-state index in [1.807, 2.05) is 18.2 Å². The Labute approximate surface area is 170 Å². The summed E-state index contributed by atoms with van der Waals surface area (Å²) in [4.78, 5) is 2.45. The Hall–Kier alpha value is -2.86. The van der Waals surface area contributed by atoms with Crippen molar-refractivity contribution in [3.8, 4) is 22.6 Å². The molecule has 6 heteroatoms. The van der Waals surface area contributed by atoms with Crippen molar-refractivity contribution in [3.63, 3.8) is 0 Å². The molecule has 1 N–H and O–H groups in total. The first-order chi connectivity index (χ1) is 14.2. The molecule has 0 bridgehead atoms. The number of benzene rings is 2. The summed E-state index contributed by atoms with van der Waals surface area (Å²) in [7, 11) is 3.30. The summed E-state index contributed by atoms with van der Waals surface area (Å²) in [5, 5.41) is 7.43. The molecule has 29 heavy (non-hydrogen) atoms. The van der Waals surface area contributed by atoms with E-state index in [1.54, 1.807) is 32.5 Å². The predicted molar refractivity (Wildman–Crippen MR) is 111 cm³/mol. The molecule has 0 saturated carbocycles. The van der Waals surface area contributed by atoms with Crippen molar-refractivity contribution < 1.29 is 13.9 Å². The van der Waals surface area contributed by atoms with Gasteiger partial charge in [-0.25, -0.2) is 4.39 Å². The van der Waals surface area contributed by atoms with Gasteiger partial charge in [-0.2, -0.15) is 5.10 Å². The maximum absolute atomic E-state index is 13.7. The number of likely N-dealkylation sites (tertiary alicyclic amines) is 1. The molecular weight excluding hydrogens is 369 g/mol. The summed E-state index contributed by atoms with van der Waals surface area (Å²) in [6.45, 7) is 2.83. The summed E-state index contributed by atoms with van der Waals surface area (Å²) < 4.78 is 24.5. The van der Waals surface area contributed by atoms with Crippen LogP contribution in [0.25, 0.3) is 11.1 Å². The number of nitrogens with one attached hydrogen (secondary N) is 1. The van der Waals surface area contributed by atoms with Crippen LogP contribution in [0.2, 0.25) is 0 Å². The first kappa shape index (κ1) is 19.5. The van der Waals surface area contributed by atoms with Crippen molar-refractivity contribution in [2.75, 3.05) is 27.3 Å². The number of hydrogen-bond acceptors (Lipinski definition) is 4. The van der Waals surface area contributed by atoms with Crippen LogP contribution < -0.4 is 9.47 Å². The number of aromatic nitrogens is 2. The number of ether oxygens (including phenoxy) is 2. The van der Waals surface area contributed by atoms with E-state index in [9.17, 15) is 4.39 Å². The molecule has 2 aromatic carbocycles. The van der Waals surface area contributed by atoms with Gasteiger partial charge in [0.1, 0.15) is 5.82 Å². The zero-order valence-electron chi connectivity index (χ0n) is 16.8. The lowest BCUT2D eigenvalue weighted by Gasteiger charge is -2.32. The van der Waals surface area contributed by atoms with Gasteiger partial charge < -0.3 is 9.47 Å². The zero-order valence-corrected chi connectivity index (χ0v) is 16.8. The Morgan fingerprint density at radius 1 is 1.14 bits per heavy atom. The van der Waals surface area contributed by atoms with E-state index in [0.717, 1.165) is 60.8 Å². The molecule has 0 spiro atoms.